The zero-order valence-corrected chi connectivity index (χ0v) is 16.7. The molecule has 1 aliphatic rings. The Morgan fingerprint density at radius 2 is 1.86 bits per heavy atom. The molecule has 0 spiro atoms. The van der Waals surface area contributed by atoms with Crippen LogP contribution in [0.25, 0.3) is 0 Å². The first-order chi connectivity index (χ1) is 13.9. The number of nitrogens with one attached hydrogen (secondary N) is 1. The van der Waals surface area contributed by atoms with E-state index in [9.17, 15) is 14.4 Å². The third kappa shape index (κ3) is 4.93. The van der Waals surface area contributed by atoms with Gasteiger partial charge < -0.3 is 19.7 Å². The molecule has 7 heteroatoms. The lowest BCUT2D eigenvalue weighted by molar-refractivity contribution is -0.122. The molecule has 152 valence electrons. The monoisotopic (exact) mass is 396 g/mol. The van der Waals surface area contributed by atoms with Crippen LogP contribution < -0.4 is 15.0 Å². The molecule has 2 amide bonds. The van der Waals surface area contributed by atoms with E-state index in [4.69, 9.17) is 9.47 Å². The van der Waals surface area contributed by atoms with Gasteiger partial charge in [-0.3, -0.25) is 9.59 Å². The van der Waals surface area contributed by atoms with Crippen LogP contribution in [0, 0.1) is 5.92 Å². The van der Waals surface area contributed by atoms with E-state index in [-0.39, 0.29) is 30.9 Å². The number of amides is 2. The molecule has 1 unspecified atom stereocenters. The lowest BCUT2D eigenvalue weighted by atomic mass is 10.1. The van der Waals surface area contributed by atoms with Gasteiger partial charge in [-0.25, -0.2) is 4.79 Å². The van der Waals surface area contributed by atoms with Crippen LogP contribution in [0.2, 0.25) is 0 Å². The molecule has 29 heavy (non-hydrogen) atoms. The van der Waals surface area contributed by atoms with Gasteiger partial charge in [-0.05, 0) is 56.3 Å². The predicted octanol–water partition coefficient (Wildman–Crippen LogP) is 3.25. The Hall–Kier alpha value is -3.35. The van der Waals surface area contributed by atoms with E-state index in [1.54, 1.807) is 48.5 Å². The molecule has 1 fully saturated rings. The molecule has 7 nitrogen and oxygen atoms in total. The Morgan fingerprint density at radius 1 is 1.14 bits per heavy atom. The predicted molar refractivity (Wildman–Crippen MR) is 109 cm³/mol. The maximum atomic E-state index is 12.6. The normalized spacial score (nSPS) is 16.1. The highest BCUT2D eigenvalue weighted by atomic mass is 16.5. The van der Waals surface area contributed by atoms with Gasteiger partial charge in [0.05, 0.1) is 24.7 Å². The van der Waals surface area contributed by atoms with Crippen molar-refractivity contribution in [3.8, 4) is 5.75 Å². The number of methoxy groups -OCH3 is 1. The molecule has 0 saturated carbocycles. The Kier molecular flexibility index (Phi) is 6.16. The highest BCUT2D eigenvalue weighted by Gasteiger charge is 2.35. The Balaban J connectivity index is 1.65. The molecule has 1 N–H and O–H groups in total. The molecule has 1 saturated heterocycles. The smallest absolute Gasteiger partial charge is 0.337 e. The van der Waals surface area contributed by atoms with Gasteiger partial charge in [0.1, 0.15) is 5.75 Å². The Labute approximate surface area is 169 Å². The quantitative estimate of drug-likeness (QED) is 0.758. The molecule has 3 rings (SSSR count). The third-order valence-electron chi connectivity index (χ3n) is 4.57. The number of benzene rings is 2. The van der Waals surface area contributed by atoms with Gasteiger partial charge in [0.15, 0.2) is 0 Å². The fraction of sp³-hybridized carbons (Fsp3) is 0.318. The maximum Gasteiger partial charge on any atom is 0.337 e. The summed E-state index contributed by atoms with van der Waals surface area (Å²) in [6.07, 6.45) is 0.187. The average molecular weight is 396 g/mol. The first kappa shape index (κ1) is 20.4. The van der Waals surface area contributed by atoms with Gasteiger partial charge in [0.2, 0.25) is 11.8 Å². The number of ether oxygens (including phenoxy) is 2. The van der Waals surface area contributed by atoms with Crippen molar-refractivity contribution in [2.75, 3.05) is 23.9 Å². The van der Waals surface area contributed by atoms with E-state index in [1.807, 2.05) is 13.8 Å². The fourth-order valence-electron chi connectivity index (χ4n) is 3.18. The third-order valence-corrected chi connectivity index (χ3v) is 4.57. The second kappa shape index (κ2) is 8.77. The summed E-state index contributed by atoms with van der Waals surface area (Å²) in [6, 6.07) is 13.7. The molecule has 1 aliphatic heterocycles. The van der Waals surface area contributed by atoms with Crippen LogP contribution in [-0.4, -0.2) is 37.5 Å². The van der Waals surface area contributed by atoms with Gasteiger partial charge in [0.25, 0.3) is 0 Å². The van der Waals surface area contributed by atoms with Crippen molar-refractivity contribution in [1.29, 1.82) is 0 Å². The second-order valence-electron chi connectivity index (χ2n) is 7.13. The molecule has 0 bridgehead atoms. The van der Waals surface area contributed by atoms with Crippen molar-refractivity contribution >= 4 is 29.2 Å². The van der Waals surface area contributed by atoms with Crippen molar-refractivity contribution in [3.63, 3.8) is 0 Å². The number of anilines is 2. The molecule has 0 aromatic heterocycles. The first-order valence-electron chi connectivity index (χ1n) is 9.43. The molecule has 2 aromatic rings. The van der Waals surface area contributed by atoms with E-state index in [0.29, 0.717) is 16.9 Å². The zero-order chi connectivity index (χ0) is 21.0. The topological polar surface area (TPSA) is 84.9 Å². The number of hydrogen-bond acceptors (Lipinski definition) is 5. The molecule has 0 radical (unpaired) electrons. The number of rotatable bonds is 6. The Bertz CT molecular complexity index is 908. The van der Waals surface area contributed by atoms with E-state index in [2.05, 4.69) is 5.32 Å². The minimum atomic E-state index is -0.476. The summed E-state index contributed by atoms with van der Waals surface area (Å²) in [4.78, 5) is 38.3. The maximum absolute atomic E-state index is 12.6. The molecule has 1 heterocycles. The number of carbonyl (C=O) groups is 3. The summed E-state index contributed by atoms with van der Waals surface area (Å²) in [5, 5.41) is 2.85. The molecule has 1 atom stereocenters. The molecular weight excluding hydrogens is 372 g/mol. The fourth-order valence-corrected chi connectivity index (χ4v) is 3.18. The highest BCUT2D eigenvalue weighted by Crippen LogP contribution is 2.27. The van der Waals surface area contributed by atoms with Gasteiger partial charge >= 0.3 is 5.97 Å². The van der Waals surface area contributed by atoms with Crippen LogP contribution in [0.1, 0.15) is 30.6 Å². The van der Waals surface area contributed by atoms with E-state index in [1.165, 1.54) is 12.0 Å². The van der Waals surface area contributed by atoms with E-state index < -0.39 is 11.9 Å². The van der Waals surface area contributed by atoms with Crippen molar-refractivity contribution in [1.82, 2.24) is 0 Å². The Morgan fingerprint density at radius 3 is 2.52 bits per heavy atom. The van der Waals surface area contributed by atoms with Gasteiger partial charge in [-0.2, -0.15) is 0 Å². The van der Waals surface area contributed by atoms with Crippen LogP contribution in [-0.2, 0) is 14.3 Å². The van der Waals surface area contributed by atoms with Crippen molar-refractivity contribution in [2.45, 2.75) is 26.4 Å². The van der Waals surface area contributed by atoms with Crippen LogP contribution in [0.3, 0.4) is 0 Å². The van der Waals surface area contributed by atoms with Gasteiger partial charge in [-0.15, -0.1) is 0 Å². The molecule has 2 aromatic carbocycles. The first-order valence-corrected chi connectivity index (χ1v) is 9.43. The average Bonchev–Trinajstić information content (AvgIpc) is 3.10. The number of carbonyl (C=O) groups excluding carboxylic acids is 3. The van der Waals surface area contributed by atoms with Crippen LogP contribution >= 0.6 is 0 Å². The van der Waals surface area contributed by atoms with Crippen molar-refractivity contribution in [3.05, 3.63) is 54.1 Å². The zero-order valence-electron chi connectivity index (χ0n) is 16.7. The number of nitrogens with zero attached hydrogens (tertiary/aromatic N) is 1. The minimum Gasteiger partial charge on any atom is -0.491 e. The molecule has 0 aliphatic carbocycles. The SMILES string of the molecule is COC(=O)c1cccc(N2CC(C(=O)Nc3ccc(OC(C)C)cc3)CC2=O)c1. The number of esters is 1. The summed E-state index contributed by atoms with van der Waals surface area (Å²) < 4.78 is 10.3. The lowest BCUT2D eigenvalue weighted by Gasteiger charge is -2.17. The summed E-state index contributed by atoms with van der Waals surface area (Å²) in [5.74, 6) is -0.602. The van der Waals surface area contributed by atoms with Crippen LogP contribution in [0.15, 0.2) is 48.5 Å². The largest absolute Gasteiger partial charge is 0.491 e. The highest BCUT2D eigenvalue weighted by molar-refractivity contribution is 6.04. The lowest BCUT2D eigenvalue weighted by Crippen LogP contribution is -2.28. The van der Waals surface area contributed by atoms with Crippen molar-refractivity contribution in [2.24, 2.45) is 5.92 Å². The van der Waals surface area contributed by atoms with Gasteiger partial charge in [-0.1, -0.05) is 6.07 Å². The van der Waals surface area contributed by atoms with E-state index in [0.717, 1.165) is 5.75 Å². The van der Waals surface area contributed by atoms with E-state index >= 15 is 0 Å². The summed E-state index contributed by atoms with van der Waals surface area (Å²) in [5.41, 5.74) is 1.57. The summed E-state index contributed by atoms with van der Waals surface area (Å²) in [7, 11) is 1.30. The number of hydrogen-bond donors (Lipinski definition) is 1. The minimum absolute atomic E-state index is 0.0728. The second-order valence-corrected chi connectivity index (χ2v) is 7.13. The standard InChI is InChI=1S/C22H24N2O5/c1-14(2)29-19-9-7-17(8-10-19)23-21(26)16-12-20(25)24(13-16)18-6-4-5-15(11-18)22(27)28-3/h4-11,14,16H,12-13H2,1-3H3,(H,23,26). The van der Waals surface area contributed by atoms with Crippen molar-refractivity contribution < 1.29 is 23.9 Å². The summed E-state index contributed by atoms with van der Waals surface area (Å²) in [6.45, 7) is 4.14. The van der Waals surface area contributed by atoms with Crippen LogP contribution in [0.4, 0.5) is 11.4 Å². The van der Waals surface area contributed by atoms with Crippen LogP contribution in [0.5, 0.6) is 5.75 Å². The van der Waals surface area contributed by atoms with Gasteiger partial charge in [0, 0.05) is 24.3 Å². The molecular formula is C22H24N2O5. The summed E-state index contributed by atoms with van der Waals surface area (Å²) >= 11 is 0.